The highest BCUT2D eigenvalue weighted by Crippen LogP contribution is 2.42. The van der Waals surface area contributed by atoms with E-state index in [1.807, 2.05) is 13.8 Å². The number of ketones is 1. The van der Waals surface area contributed by atoms with Crippen LogP contribution in [0.15, 0.2) is 78.4 Å². The van der Waals surface area contributed by atoms with Gasteiger partial charge in [-0.3, -0.25) is 19.3 Å². The van der Waals surface area contributed by atoms with Crippen LogP contribution in [0.4, 0.5) is 5.69 Å². The molecule has 8 heteroatoms. The Kier molecular flexibility index (Phi) is 8.34. The molecule has 0 aromatic heterocycles. The van der Waals surface area contributed by atoms with Crippen LogP contribution in [0.25, 0.3) is 5.76 Å². The molecular formula is C31H31NO7. The Hall–Kier alpha value is -4.59. The number of carbonyl (C=O) groups is 3. The van der Waals surface area contributed by atoms with Crippen molar-refractivity contribution in [1.82, 2.24) is 0 Å². The predicted octanol–water partition coefficient (Wildman–Crippen LogP) is 5.07. The van der Waals surface area contributed by atoms with E-state index in [9.17, 15) is 19.5 Å². The summed E-state index contributed by atoms with van der Waals surface area (Å²) in [6.45, 7) is 4.55. The highest BCUT2D eigenvalue weighted by atomic mass is 16.5. The SMILES string of the molecule is COC(=O)Cc1ccc(N2C(=O)C(=O)/C(=C(\O)c3cccc(OCC(C)C)c3)C2c2ccc(OC)cc2)cc1. The average molecular weight is 530 g/mol. The van der Waals surface area contributed by atoms with E-state index in [1.165, 1.54) is 12.0 Å². The maximum absolute atomic E-state index is 13.4. The third kappa shape index (κ3) is 5.95. The Morgan fingerprint density at radius 1 is 0.949 bits per heavy atom. The molecule has 1 aliphatic rings. The minimum atomic E-state index is -0.900. The van der Waals surface area contributed by atoms with E-state index in [4.69, 9.17) is 14.2 Å². The molecule has 0 saturated carbocycles. The van der Waals surface area contributed by atoms with E-state index in [0.29, 0.717) is 46.4 Å². The molecule has 1 N–H and O–H groups in total. The lowest BCUT2D eigenvalue weighted by Crippen LogP contribution is -2.29. The van der Waals surface area contributed by atoms with Crippen molar-refractivity contribution in [2.24, 2.45) is 5.92 Å². The van der Waals surface area contributed by atoms with Crippen molar-refractivity contribution in [3.63, 3.8) is 0 Å². The van der Waals surface area contributed by atoms with Gasteiger partial charge in [-0.2, -0.15) is 0 Å². The predicted molar refractivity (Wildman–Crippen MR) is 147 cm³/mol. The molecule has 1 atom stereocenters. The molecule has 1 amide bonds. The normalized spacial score (nSPS) is 16.4. The fraction of sp³-hybridized carbons (Fsp3) is 0.258. The van der Waals surface area contributed by atoms with E-state index >= 15 is 0 Å². The summed E-state index contributed by atoms with van der Waals surface area (Å²) in [5.41, 5.74) is 2.08. The average Bonchev–Trinajstić information content (AvgIpc) is 3.22. The van der Waals surface area contributed by atoms with Crippen LogP contribution in [0.3, 0.4) is 0 Å². The van der Waals surface area contributed by atoms with Crippen LogP contribution in [-0.4, -0.2) is 43.6 Å². The van der Waals surface area contributed by atoms with Crippen molar-refractivity contribution >= 4 is 29.1 Å². The topological polar surface area (TPSA) is 102 Å². The molecule has 1 saturated heterocycles. The number of hydrogen-bond acceptors (Lipinski definition) is 7. The number of Topliss-reactive ketones (excluding diaryl/α,β-unsaturated/α-hetero) is 1. The molecule has 0 radical (unpaired) electrons. The molecule has 1 heterocycles. The molecule has 0 spiro atoms. The second kappa shape index (κ2) is 11.9. The molecule has 4 rings (SSSR count). The Bertz CT molecular complexity index is 1390. The molecule has 39 heavy (non-hydrogen) atoms. The number of amides is 1. The van der Waals surface area contributed by atoms with E-state index in [2.05, 4.69) is 0 Å². The third-order valence-electron chi connectivity index (χ3n) is 6.36. The number of benzene rings is 3. The van der Waals surface area contributed by atoms with Gasteiger partial charge in [-0.05, 0) is 53.4 Å². The number of aliphatic hydroxyl groups is 1. The number of rotatable bonds is 9. The molecule has 1 fully saturated rings. The second-order valence-corrected chi connectivity index (χ2v) is 9.59. The van der Waals surface area contributed by atoms with Crippen molar-refractivity contribution in [3.8, 4) is 11.5 Å². The first kappa shape index (κ1) is 27.4. The van der Waals surface area contributed by atoms with Gasteiger partial charge in [-0.1, -0.05) is 50.2 Å². The highest BCUT2D eigenvalue weighted by Gasteiger charge is 2.47. The van der Waals surface area contributed by atoms with Crippen molar-refractivity contribution < 1.29 is 33.7 Å². The van der Waals surface area contributed by atoms with E-state index in [1.54, 1.807) is 79.9 Å². The standard InChI is InChI=1S/C31H31NO7/c1-19(2)18-39-25-7-5-6-22(17-25)29(34)27-28(21-10-14-24(37-3)15-11-21)32(31(36)30(27)35)23-12-8-20(9-13-23)16-26(33)38-4/h5-15,17,19,28,34H,16,18H2,1-4H3/b29-27-. The van der Waals surface area contributed by atoms with Gasteiger partial charge in [-0.25, -0.2) is 0 Å². The lowest BCUT2D eigenvalue weighted by Gasteiger charge is -2.26. The summed E-state index contributed by atoms with van der Waals surface area (Å²) in [7, 11) is 2.86. The Morgan fingerprint density at radius 2 is 1.64 bits per heavy atom. The van der Waals surface area contributed by atoms with Gasteiger partial charge in [-0.15, -0.1) is 0 Å². The number of ether oxygens (including phenoxy) is 3. The minimum Gasteiger partial charge on any atom is -0.507 e. The van der Waals surface area contributed by atoms with Crippen molar-refractivity contribution in [3.05, 3.63) is 95.1 Å². The molecule has 202 valence electrons. The zero-order valence-electron chi connectivity index (χ0n) is 22.3. The minimum absolute atomic E-state index is 0.0372. The molecule has 3 aromatic rings. The summed E-state index contributed by atoms with van der Waals surface area (Å²) in [6.07, 6.45) is 0.0761. The van der Waals surface area contributed by atoms with E-state index < -0.39 is 17.7 Å². The molecule has 0 bridgehead atoms. The first-order valence-corrected chi connectivity index (χ1v) is 12.6. The molecule has 1 aliphatic heterocycles. The summed E-state index contributed by atoms with van der Waals surface area (Å²) in [6, 6.07) is 19.6. The lowest BCUT2D eigenvalue weighted by atomic mass is 9.95. The van der Waals surface area contributed by atoms with E-state index in [0.717, 1.165) is 0 Å². The first-order valence-electron chi connectivity index (χ1n) is 12.6. The van der Waals surface area contributed by atoms with Gasteiger partial charge in [0.15, 0.2) is 0 Å². The van der Waals surface area contributed by atoms with Gasteiger partial charge in [0.05, 0.1) is 38.9 Å². The molecule has 0 aliphatic carbocycles. The van der Waals surface area contributed by atoms with Crippen molar-refractivity contribution in [2.45, 2.75) is 26.3 Å². The third-order valence-corrected chi connectivity index (χ3v) is 6.36. The number of anilines is 1. The van der Waals surface area contributed by atoms with Crippen LogP contribution in [-0.2, 0) is 25.5 Å². The number of methoxy groups -OCH3 is 2. The summed E-state index contributed by atoms with van der Waals surface area (Å²) < 4.78 is 15.8. The van der Waals surface area contributed by atoms with Gasteiger partial charge in [0.2, 0.25) is 0 Å². The van der Waals surface area contributed by atoms with Crippen molar-refractivity contribution in [2.75, 3.05) is 25.7 Å². The second-order valence-electron chi connectivity index (χ2n) is 9.59. The fourth-order valence-corrected chi connectivity index (χ4v) is 4.37. The highest BCUT2D eigenvalue weighted by molar-refractivity contribution is 6.51. The van der Waals surface area contributed by atoms with Crippen LogP contribution in [0.2, 0.25) is 0 Å². The first-order chi connectivity index (χ1) is 18.7. The summed E-state index contributed by atoms with van der Waals surface area (Å²) in [4.78, 5) is 39.9. The Balaban J connectivity index is 1.81. The summed E-state index contributed by atoms with van der Waals surface area (Å²) >= 11 is 0. The smallest absolute Gasteiger partial charge is 0.309 e. The van der Waals surface area contributed by atoms with Gasteiger partial charge in [0, 0.05) is 11.3 Å². The van der Waals surface area contributed by atoms with Crippen LogP contribution >= 0.6 is 0 Å². The maximum atomic E-state index is 13.4. The van der Waals surface area contributed by atoms with Gasteiger partial charge < -0.3 is 19.3 Å². The molecular weight excluding hydrogens is 498 g/mol. The van der Waals surface area contributed by atoms with Gasteiger partial charge >= 0.3 is 5.97 Å². The monoisotopic (exact) mass is 529 g/mol. The van der Waals surface area contributed by atoms with Crippen molar-refractivity contribution in [1.29, 1.82) is 0 Å². The number of aliphatic hydroxyl groups excluding tert-OH is 1. The summed E-state index contributed by atoms with van der Waals surface area (Å²) in [5, 5.41) is 11.4. The number of carbonyl (C=O) groups excluding carboxylic acids is 3. The molecule has 3 aromatic carbocycles. The van der Waals surface area contributed by atoms with Crippen LogP contribution < -0.4 is 14.4 Å². The molecule has 8 nitrogen and oxygen atoms in total. The molecule has 1 unspecified atom stereocenters. The van der Waals surface area contributed by atoms with Crippen LogP contribution in [0, 0.1) is 5.92 Å². The number of esters is 1. The van der Waals surface area contributed by atoms with Crippen LogP contribution in [0.1, 0.15) is 36.6 Å². The van der Waals surface area contributed by atoms with Crippen LogP contribution in [0.5, 0.6) is 11.5 Å². The Morgan fingerprint density at radius 3 is 2.26 bits per heavy atom. The van der Waals surface area contributed by atoms with E-state index in [-0.39, 0.29) is 23.7 Å². The zero-order chi connectivity index (χ0) is 28.1. The summed E-state index contributed by atoms with van der Waals surface area (Å²) in [5.74, 6) is -0.801. The lowest BCUT2D eigenvalue weighted by molar-refractivity contribution is -0.139. The van der Waals surface area contributed by atoms with Gasteiger partial charge in [0.25, 0.3) is 11.7 Å². The van der Waals surface area contributed by atoms with Gasteiger partial charge in [0.1, 0.15) is 17.3 Å². The zero-order valence-corrected chi connectivity index (χ0v) is 22.3. The Labute approximate surface area is 227 Å². The fourth-order valence-electron chi connectivity index (χ4n) is 4.37. The maximum Gasteiger partial charge on any atom is 0.309 e. The largest absolute Gasteiger partial charge is 0.507 e. The number of hydrogen-bond donors (Lipinski definition) is 1. The quantitative estimate of drug-likeness (QED) is 0.179. The number of nitrogens with zero attached hydrogens (tertiary/aromatic N) is 1.